The number of phenolic OH excluding ortho intramolecular Hbond substituents is 1. The van der Waals surface area contributed by atoms with Crippen molar-refractivity contribution in [3.63, 3.8) is 0 Å². The summed E-state index contributed by atoms with van der Waals surface area (Å²) in [4.78, 5) is 48.2. The first kappa shape index (κ1) is 43.9. The van der Waals surface area contributed by atoms with E-state index in [9.17, 15) is 19.5 Å². The Morgan fingerprint density at radius 2 is 1.70 bits per heavy atom. The molecule has 0 spiro atoms. The predicted molar refractivity (Wildman–Crippen MR) is 250 cm³/mol. The van der Waals surface area contributed by atoms with E-state index in [0.717, 1.165) is 101 Å². The van der Waals surface area contributed by atoms with Crippen LogP contribution in [0.15, 0.2) is 77.7 Å². The zero-order valence-electron chi connectivity index (χ0n) is 36.9. The minimum Gasteiger partial charge on any atom is -0.507 e. The number of likely N-dealkylation sites (tertiary alicyclic amines) is 2. The summed E-state index contributed by atoms with van der Waals surface area (Å²) < 4.78 is 6.25. The van der Waals surface area contributed by atoms with Crippen LogP contribution in [0.25, 0.3) is 11.3 Å². The molecule has 0 saturated carbocycles. The first-order chi connectivity index (χ1) is 31.1. The largest absolute Gasteiger partial charge is 0.507 e. The summed E-state index contributed by atoms with van der Waals surface area (Å²) in [7, 11) is 0. The van der Waals surface area contributed by atoms with E-state index in [2.05, 4.69) is 83.8 Å². The monoisotopic (exact) mass is 888 g/mol. The van der Waals surface area contributed by atoms with Crippen LogP contribution >= 0.6 is 11.8 Å². The number of hydrogen-bond donors (Lipinski definition) is 4. The van der Waals surface area contributed by atoms with Gasteiger partial charge >= 0.3 is 0 Å². The lowest BCUT2D eigenvalue weighted by Crippen LogP contribution is -2.80. The third-order valence-electron chi connectivity index (χ3n) is 13.9. The summed E-state index contributed by atoms with van der Waals surface area (Å²) in [5.74, 6) is 2.53. The number of nitrogens with zero attached hydrogens (tertiary/aromatic N) is 6. The Balaban J connectivity index is 0.730. The minimum absolute atomic E-state index is 0.174. The molecule has 0 unspecified atom stereocenters. The SMILES string of the molecule is C[C@@H]1CC[C@H](C[NH2+]c2cccc(SC3CCN(C(=O)CN4CCC(c5cccc6c5OCCN6[C@H]5CCC(=O)NC5=O)CC4)CC3)c2)CN(c2cc(-c3ccccc3O)nnc2N)C1. The number of nitrogen functional groups attached to an aromatic ring is 1. The number of aromatic hydroxyl groups is 1. The van der Waals surface area contributed by atoms with Crippen molar-refractivity contribution in [1.29, 1.82) is 0 Å². The summed E-state index contributed by atoms with van der Waals surface area (Å²) in [5.41, 5.74) is 11.9. The number of para-hydroxylation sites is 2. The van der Waals surface area contributed by atoms with E-state index in [-0.39, 0.29) is 29.5 Å². The number of imide groups is 1. The van der Waals surface area contributed by atoms with Gasteiger partial charge in [0.05, 0.1) is 36.7 Å². The number of thioether (sulfide) groups is 1. The van der Waals surface area contributed by atoms with Crippen LogP contribution in [0, 0.1) is 11.8 Å². The molecule has 3 atom stereocenters. The first-order valence-corrected chi connectivity index (χ1v) is 24.2. The lowest BCUT2D eigenvalue weighted by molar-refractivity contribution is -0.578. The van der Waals surface area contributed by atoms with Gasteiger partial charge in [-0.2, -0.15) is 0 Å². The molecule has 338 valence electrons. The molecule has 4 saturated heterocycles. The zero-order chi connectivity index (χ0) is 44.2. The van der Waals surface area contributed by atoms with Crippen molar-refractivity contribution in [2.45, 2.75) is 80.4 Å². The van der Waals surface area contributed by atoms with Crippen molar-refractivity contribution < 1.29 is 29.5 Å². The Morgan fingerprint density at radius 3 is 2.52 bits per heavy atom. The zero-order valence-corrected chi connectivity index (χ0v) is 37.7. The molecule has 0 radical (unpaired) electrons. The molecule has 6 N–H and O–H groups in total. The Kier molecular flexibility index (Phi) is 13.6. The van der Waals surface area contributed by atoms with Gasteiger partial charge in [-0.3, -0.25) is 24.6 Å². The van der Waals surface area contributed by atoms with E-state index < -0.39 is 0 Å². The highest BCUT2D eigenvalue weighted by atomic mass is 32.2. The number of benzene rings is 3. The average molecular weight is 889 g/mol. The fourth-order valence-corrected chi connectivity index (χ4v) is 11.6. The maximum absolute atomic E-state index is 13.6. The normalized spacial score (nSPS) is 22.7. The number of ether oxygens (including phenoxy) is 1. The molecule has 9 rings (SSSR count). The molecule has 64 heavy (non-hydrogen) atoms. The molecule has 5 aliphatic heterocycles. The quantitative estimate of drug-likeness (QED) is 0.116. The van der Waals surface area contributed by atoms with E-state index in [4.69, 9.17) is 10.5 Å². The summed E-state index contributed by atoms with van der Waals surface area (Å²) in [6.45, 7) is 9.90. The molecule has 14 nitrogen and oxygen atoms in total. The highest BCUT2D eigenvalue weighted by molar-refractivity contribution is 8.00. The molecular weight excluding hydrogens is 827 g/mol. The van der Waals surface area contributed by atoms with Crippen LogP contribution in [0.2, 0.25) is 0 Å². The van der Waals surface area contributed by atoms with Crippen LogP contribution in [-0.2, 0) is 14.4 Å². The molecule has 1 aromatic heterocycles. The molecule has 5 aliphatic rings. The van der Waals surface area contributed by atoms with Crippen LogP contribution in [0.4, 0.5) is 22.9 Å². The van der Waals surface area contributed by atoms with Crippen molar-refractivity contribution in [3.8, 4) is 22.8 Å². The summed E-state index contributed by atoms with van der Waals surface area (Å²) in [5, 5.41) is 24.5. The van der Waals surface area contributed by atoms with E-state index in [1.807, 2.05) is 36.0 Å². The number of nitrogens with two attached hydrogens (primary N) is 2. The van der Waals surface area contributed by atoms with Gasteiger partial charge in [-0.1, -0.05) is 37.3 Å². The Bertz CT molecular complexity index is 2320. The highest BCUT2D eigenvalue weighted by Gasteiger charge is 2.37. The summed E-state index contributed by atoms with van der Waals surface area (Å²) >= 11 is 1.94. The van der Waals surface area contributed by atoms with Gasteiger partial charge in [0.2, 0.25) is 17.7 Å². The third kappa shape index (κ3) is 10.1. The number of phenols is 1. The second-order valence-electron chi connectivity index (χ2n) is 18.4. The molecule has 3 amide bonds. The fraction of sp³-hybridized carbons (Fsp3) is 0.490. The Hall–Kier alpha value is -5.38. The van der Waals surface area contributed by atoms with Gasteiger partial charge in [0.1, 0.15) is 29.8 Å². The van der Waals surface area contributed by atoms with Gasteiger partial charge in [0, 0.05) is 60.3 Å². The number of hydrogen-bond acceptors (Lipinski definition) is 12. The molecule has 6 heterocycles. The number of aromatic nitrogens is 2. The number of quaternary nitrogens is 1. The van der Waals surface area contributed by atoms with Crippen LogP contribution in [0.5, 0.6) is 11.5 Å². The molecule has 15 heteroatoms. The average Bonchev–Trinajstić information content (AvgIpc) is 3.49. The minimum atomic E-state index is -0.366. The number of anilines is 3. The number of nitrogens with one attached hydrogen (secondary N) is 1. The topological polar surface area (TPSA) is 174 Å². The van der Waals surface area contributed by atoms with Crippen molar-refractivity contribution in [2.24, 2.45) is 11.8 Å². The van der Waals surface area contributed by atoms with Crippen LogP contribution in [0.3, 0.4) is 0 Å². The number of carbonyl (C=O) groups excluding carboxylic acids is 3. The maximum atomic E-state index is 13.6. The maximum Gasteiger partial charge on any atom is 0.249 e. The third-order valence-corrected chi connectivity index (χ3v) is 15.3. The smallest absolute Gasteiger partial charge is 0.249 e. The van der Waals surface area contributed by atoms with E-state index >= 15 is 0 Å². The predicted octanol–water partition coefficient (Wildman–Crippen LogP) is 5.15. The van der Waals surface area contributed by atoms with Crippen molar-refractivity contribution in [3.05, 3.63) is 78.4 Å². The van der Waals surface area contributed by atoms with Gasteiger partial charge < -0.3 is 35.6 Å². The van der Waals surface area contributed by atoms with E-state index in [1.165, 1.54) is 16.1 Å². The van der Waals surface area contributed by atoms with Gasteiger partial charge in [0.15, 0.2) is 5.82 Å². The van der Waals surface area contributed by atoms with Crippen molar-refractivity contribution >= 4 is 52.4 Å². The first-order valence-electron chi connectivity index (χ1n) is 23.3. The molecule has 0 aliphatic carbocycles. The van der Waals surface area contributed by atoms with Crippen molar-refractivity contribution in [2.75, 3.05) is 81.0 Å². The Labute approximate surface area is 380 Å². The number of carbonyl (C=O) groups is 3. The highest BCUT2D eigenvalue weighted by Crippen LogP contribution is 2.43. The number of piperidine rings is 3. The molecule has 0 bridgehead atoms. The van der Waals surface area contributed by atoms with Gasteiger partial charge in [-0.25, -0.2) is 0 Å². The second kappa shape index (κ2) is 19.8. The van der Waals surface area contributed by atoms with Gasteiger partial charge in [-0.05, 0) is 112 Å². The standard InChI is InChI=1S/C49H61N9O5S/c1-32-12-13-33(30-57(29-32)43-27-40(53-54-48(43)50)39-8-2-3-11-44(39)59)28-51-35-6-4-7-37(26-35)64-36-18-22-56(23-19-36)46(61)31-55-20-16-34(17-21-55)38-9-5-10-41-47(38)63-25-24-58(41)42-14-15-45(60)52-49(42)62/h2-11,26-27,32-34,36,42,51,59H,12-25,28-31H2,1H3,(H2,50,54)(H,52,60,62)/p+1/t32-,33-,42+/m1/s1. The molecule has 4 fully saturated rings. The second-order valence-corrected chi connectivity index (χ2v) is 19.8. The van der Waals surface area contributed by atoms with E-state index in [1.54, 1.807) is 12.1 Å². The molecular formula is C49H62N9O5S+. The molecule has 4 aromatic rings. The number of amides is 3. The summed E-state index contributed by atoms with van der Waals surface area (Å²) in [6.07, 6.45) is 7.01. The fourth-order valence-electron chi connectivity index (χ4n) is 10.4. The number of rotatable bonds is 11. The lowest BCUT2D eigenvalue weighted by atomic mass is 9.87. The van der Waals surface area contributed by atoms with Crippen LogP contribution in [0.1, 0.15) is 69.8 Å². The Morgan fingerprint density at radius 1 is 0.891 bits per heavy atom. The number of fused-ring (bicyclic) bond motifs is 1. The van der Waals surface area contributed by atoms with Crippen LogP contribution in [-0.4, -0.2) is 120 Å². The summed E-state index contributed by atoms with van der Waals surface area (Å²) in [6, 6.07) is 23.9. The van der Waals surface area contributed by atoms with Crippen LogP contribution < -0.4 is 30.9 Å². The van der Waals surface area contributed by atoms with Gasteiger partial charge in [-0.15, -0.1) is 22.0 Å². The lowest BCUT2D eigenvalue weighted by Gasteiger charge is -2.40. The van der Waals surface area contributed by atoms with Gasteiger partial charge in [0.25, 0.3) is 0 Å². The van der Waals surface area contributed by atoms with Crippen molar-refractivity contribution in [1.82, 2.24) is 25.3 Å². The molecule has 3 aromatic carbocycles. The van der Waals surface area contributed by atoms with E-state index in [0.29, 0.717) is 72.6 Å².